The van der Waals surface area contributed by atoms with Gasteiger partial charge in [-0.15, -0.1) is 0 Å². The van der Waals surface area contributed by atoms with Crippen LogP contribution in [-0.2, 0) is 6.54 Å². The monoisotopic (exact) mass is 599 g/mol. The minimum Gasteiger partial charge on any atom is -0.494 e. The summed E-state index contributed by atoms with van der Waals surface area (Å²) in [4.78, 5) is 27.7. The van der Waals surface area contributed by atoms with Gasteiger partial charge in [0.1, 0.15) is 5.75 Å². The van der Waals surface area contributed by atoms with E-state index in [0.29, 0.717) is 28.9 Å². The predicted octanol–water partition coefficient (Wildman–Crippen LogP) is 8.52. The summed E-state index contributed by atoms with van der Waals surface area (Å²) in [7, 11) is 0. The highest BCUT2D eigenvalue weighted by Crippen LogP contribution is 2.28. The first-order valence-electron chi connectivity index (χ1n) is 16.4. The van der Waals surface area contributed by atoms with E-state index in [-0.39, 0.29) is 11.8 Å². The first-order valence-corrected chi connectivity index (χ1v) is 16.4. The molecule has 0 bridgehead atoms. The first kappa shape index (κ1) is 31.7. The van der Waals surface area contributed by atoms with E-state index >= 15 is 0 Å². The van der Waals surface area contributed by atoms with Crippen LogP contribution in [0, 0.1) is 11.8 Å². The number of imide groups is 1. The Hall–Kier alpha value is -4.69. The van der Waals surface area contributed by atoms with Crippen LogP contribution in [0.3, 0.4) is 0 Å². The number of carbonyl (C=O) groups excluding carboxylic acids is 2. The molecule has 0 aliphatic carbocycles. The Morgan fingerprint density at radius 3 is 1.93 bits per heavy atom. The largest absolute Gasteiger partial charge is 0.494 e. The standard InChI is InChI=1S/C40H43N2O3/c1-2-3-4-5-6-7-8-9-10-14-29-45-36-22-19-32(20-23-36)17-18-33-21-24-37-38(30-33)40(44)42(39(37)43)35-25-27-41(28-26-35)31-34-15-12-11-13-16-34/h11-13,15-16,19-28,30H,2-10,14,29,31H2,1H3/q+1. The molecule has 1 aromatic heterocycles. The molecule has 0 saturated carbocycles. The third kappa shape index (κ3) is 8.92. The molecule has 1 aliphatic rings. The second-order valence-electron chi connectivity index (χ2n) is 11.7. The Morgan fingerprint density at radius 1 is 0.644 bits per heavy atom. The van der Waals surface area contributed by atoms with Crippen LogP contribution in [0.5, 0.6) is 5.75 Å². The molecule has 0 spiro atoms. The van der Waals surface area contributed by atoms with Crippen LogP contribution in [0.2, 0.25) is 0 Å². The SMILES string of the molecule is CCCCCCCCCCCCOc1ccc(C#Cc2ccc3c(c2)C(=O)N(c2cc[n+](Cc4ccccc4)cc2)C3=O)cc1. The van der Waals surface area contributed by atoms with Crippen LogP contribution in [0.1, 0.15) is 109 Å². The van der Waals surface area contributed by atoms with E-state index in [1.54, 1.807) is 30.3 Å². The summed E-state index contributed by atoms with van der Waals surface area (Å²) in [6.45, 7) is 3.70. The number of fused-ring (bicyclic) bond motifs is 1. The van der Waals surface area contributed by atoms with E-state index in [0.717, 1.165) is 24.3 Å². The van der Waals surface area contributed by atoms with Crippen LogP contribution in [0.4, 0.5) is 5.69 Å². The fourth-order valence-corrected chi connectivity index (χ4v) is 5.61. The van der Waals surface area contributed by atoms with Gasteiger partial charge in [0, 0.05) is 28.8 Å². The van der Waals surface area contributed by atoms with E-state index in [1.807, 2.05) is 59.4 Å². The number of unbranched alkanes of at least 4 members (excludes halogenated alkanes) is 9. The molecule has 5 heteroatoms. The predicted molar refractivity (Wildman–Crippen MR) is 180 cm³/mol. The highest BCUT2D eigenvalue weighted by Gasteiger charge is 2.37. The Bertz CT molecular complexity index is 1620. The molecule has 2 amide bonds. The van der Waals surface area contributed by atoms with Crippen molar-refractivity contribution in [3.05, 3.63) is 125 Å². The molecule has 3 aromatic carbocycles. The van der Waals surface area contributed by atoms with Gasteiger partial charge in [0.15, 0.2) is 18.9 Å². The quantitative estimate of drug-likeness (QED) is 0.0596. The molecule has 0 atom stereocenters. The van der Waals surface area contributed by atoms with Gasteiger partial charge in [-0.2, -0.15) is 0 Å². The third-order valence-corrected chi connectivity index (χ3v) is 8.20. The Balaban J connectivity index is 1.10. The number of pyridine rings is 1. The maximum absolute atomic E-state index is 13.3. The zero-order valence-electron chi connectivity index (χ0n) is 26.3. The number of nitrogens with zero attached hydrogens (tertiary/aromatic N) is 2. The second kappa shape index (κ2) is 16.4. The molecule has 1 aliphatic heterocycles. The zero-order valence-corrected chi connectivity index (χ0v) is 26.3. The van der Waals surface area contributed by atoms with Gasteiger partial charge in [0.2, 0.25) is 0 Å². The normalized spacial score (nSPS) is 12.2. The average Bonchev–Trinajstić information content (AvgIpc) is 3.32. The molecule has 0 N–H and O–H groups in total. The van der Waals surface area contributed by atoms with Gasteiger partial charge in [0.05, 0.1) is 23.4 Å². The van der Waals surface area contributed by atoms with Gasteiger partial charge in [-0.05, 0) is 48.9 Å². The molecule has 0 saturated heterocycles. The van der Waals surface area contributed by atoms with Crippen molar-refractivity contribution in [1.82, 2.24) is 0 Å². The van der Waals surface area contributed by atoms with Crippen LogP contribution >= 0.6 is 0 Å². The number of aromatic nitrogens is 1. The highest BCUT2D eigenvalue weighted by molar-refractivity contribution is 6.34. The summed E-state index contributed by atoms with van der Waals surface area (Å²) in [5.41, 5.74) is 4.05. The Kier molecular flexibility index (Phi) is 11.6. The van der Waals surface area contributed by atoms with Crippen molar-refractivity contribution in [3.8, 4) is 17.6 Å². The van der Waals surface area contributed by atoms with Crippen molar-refractivity contribution in [2.45, 2.75) is 77.7 Å². The molecular formula is C40H43N2O3+. The summed E-state index contributed by atoms with van der Waals surface area (Å²) in [5, 5.41) is 0. The minimum absolute atomic E-state index is 0.316. The molecule has 0 radical (unpaired) electrons. The zero-order chi connectivity index (χ0) is 31.3. The summed E-state index contributed by atoms with van der Waals surface area (Å²) in [6.07, 6.45) is 16.9. The minimum atomic E-state index is -0.330. The van der Waals surface area contributed by atoms with Crippen molar-refractivity contribution in [2.24, 2.45) is 0 Å². The van der Waals surface area contributed by atoms with Crippen molar-refractivity contribution < 1.29 is 18.9 Å². The fraction of sp³-hybridized carbons (Fsp3) is 0.325. The molecule has 45 heavy (non-hydrogen) atoms. The van der Waals surface area contributed by atoms with Gasteiger partial charge in [-0.3, -0.25) is 9.59 Å². The maximum atomic E-state index is 13.3. The third-order valence-electron chi connectivity index (χ3n) is 8.20. The second-order valence-corrected chi connectivity index (χ2v) is 11.7. The van der Waals surface area contributed by atoms with Crippen molar-refractivity contribution in [2.75, 3.05) is 11.5 Å². The van der Waals surface area contributed by atoms with Crippen molar-refractivity contribution >= 4 is 17.5 Å². The van der Waals surface area contributed by atoms with Crippen LogP contribution in [0.25, 0.3) is 0 Å². The first-order chi connectivity index (χ1) is 22.1. The van der Waals surface area contributed by atoms with E-state index in [4.69, 9.17) is 4.74 Å². The lowest BCUT2D eigenvalue weighted by Crippen LogP contribution is -2.35. The topological polar surface area (TPSA) is 50.5 Å². The van der Waals surface area contributed by atoms with Crippen LogP contribution in [0.15, 0.2) is 97.3 Å². The number of amides is 2. The maximum Gasteiger partial charge on any atom is 0.266 e. The number of rotatable bonds is 15. The van der Waals surface area contributed by atoms with Crippen LogP contribution in [-0.4, -0.2) is 18.4 Å². The van der Waals surface area contributed by atoms with E-state index in [1.165, 1.54) is 68.3 Å². The molecule has 2 heterocycles. The van der Waals surface area contributed by atoms with Gasteiger partial charge < -0.3 is 4.74 Å². The number of anilines is 1. The molecule has 0 unspecified atom stereocenters. The number of carbonyl (C=O) groups is 2. The molecular weight excluding hydrogens is 556 g/mol. The van der Waals surface area contributed by atoms with Crippen molar-refractivity contribution in [1.29, 1.82) is 0 Å². The van der Waals surface area contributed by atoms with Gasteiger partial charge in [-0.1, -0.05) is 107 Å². The summed E-state index contributed by atoms with van der Waals surface area (Å²) >= 11 is 0. The van der Waals surface area contributed by atoms with Crippen LogP contribution < -0.4 is 14.2 Å². The number of ether oxygens (including phenoxy) is 1. The number of hydrogen-bond donors (Lipinski definition) is 0. The van der Waals surface area contributed by atoms with E-state index in [2.05, 4.69) is 30.9 Å². The fourth-order valence-electron chi connectivity index (χ4n) is 5.61. The molecule has 230 valence electrons. The lowest BCUT2D eigenvalue weighted by molar-refractivity contribution is -0.688. The molecule has 5 nitrogen and oxygen atoms in total. The number of benzene rings is 3. The molecule has 0 fully saturated rings. The lowest BCUT2D eigenvalue weighted by atomic mass is 10.1. The van der Waals surface area contributed by atoms with Gasteiger partial charge >= 0.3 is 0 Å². The summed E-state index contributed by atoms with van der Waals surface area (Å²) in [5.74, 6) is 6.52. The van der Waals surface area contributed by atoms with E-state index < -0.39 is 0 Å². The van der Waals surface area contributed by atoms with E-state index in [9.17, 15) is 9.59 Å². The number of hydrogen-bond acceptors (Lipinski definition) is 3. The van der Waals surface area contributed by atoms with Gasteiger partial charge in [0.25, 0.3) is 11.8 Å². The smallest absolute Gasteiger partial charge is 0.266 e. The highest BCUT2D eigenvalue weighted by atomic mass is 16.5. The summed E-state index contributed by atoms with van der Waals surface area (Å²) in [6, 6.07) is 26.7. The molecule has 4 aromatic rings. The van der Waals surface area contributed by atoms with Crippen molar-refractivity contribution in [3.63, 3.8) is 0 Å². The Labute approximate surface area is 267 Å². The summed E-state index contributed by atoms with van der Waals surface area (Å²) < 4.78 is 7.94. The lowest BCUT2D eigenvalue weighted by Gasteiger charge is -2.12. The average molecular weight is 600 g/mol. The molecule has 5 rings (SSSR count). The Morgan fingerprint density at radius 2 is 1.24 bits per heavy atom. The van der Waals surface area contributed by atoms with Gasteiger partial charge in [-0.25, -0.2) is 9.47 Å².